The molecule has 4 rings (SSSR count). The molecule has 0 fully saturated rings. The Morgan fingerprint density at radius 2 is 1.65 bits per heavy atom. The maximum atomic E-state index is 2.44. The number of fused-ring (bicyclic) bond motifs is 2. The van der Waals surface area contributed by atoms with Crippen molar-refractivity contribution in [3.63, 3.8) is 0 Å². The summed E-state index contributed by atoms with van der Waals surface area (Å²) in [6, 6.07) is 13.6. The van der Waals surface area contributed by atoms with Crippen molar-refractivity contribution in [1.82, 2.24) is 0 Å². The van der Waals surface area contributed by atoms with Crippen LogP contribution >= 0.6 is 0 Å². The summed E-state index contributed by atoms with van der Waals surface area (Å²) in [5, 5.41) is 0. The van der Waals surface area contributed by atoms with Gasteiger partial charge in [-0.25, -0.2) is 0 Å². The van der Waals surface area contributed by atoms with E-state index in [0.29, 0.717) is 0 Å². The van der Waals surface area contributed by atoms with Crippen LogP contribution in [-0.2, 0) is 5.41 Å². The summed E-state index contributed by atoms with van der Waals surface area (Å²) in [6.45, 7) is 9.24. The van der Waals surface area contributed by atoms with Crippen LogP contribution in [0.3, 0.4) is 0 Å². The molecule has 0 spiro atoms. The van der Waals surface area contributed by atoms with E-state index in [2.05, 4.69) is 76.2 Å². The van der Waals surface area contributed by atoms with Crippen molar-refractivity contribution < 1.29 is 0 Å². The standard InChI is InChI=1S/C23H24/c1-15-9-5-6-10-17(15)19-14-20-18-11-7-8-12-21(18)23(3,4)22(20)13-16(19)2/h5-7,9-11,13-14H,8,12H2,1-4H3. The predicted molar refractivity (Wildman–Crippen MR) is 99.7 cm³/mol. The van der Waals surface area contributed by atoms with Crippen molar-refractivity contribution in [2.24, 2.45) is 0 Å². The lowest BCUT2D eigenvalue weighted by atomic mass is 9.78. The van der Waals surface area contributed by atoms with Gasteiger partial charge in [0.25, 0.3) is 0 Å². The molecule has 0 aliphatic heterocycles. The van der Waals surface area contributed by atoms with E-state index in [4.69, 9.17) is 0 Å². The zero-order valence-corrected chi connectivity index (χ0v) is 14.5. The van der Waals surface area contributed by atoms with Crippen molar-refractivity contribution in [1.29, 1.82) is 0 Å². The maximum absolute atomic E-state index is 2.44. The third kappa shape index (κ3) is 2.05. The minimum absolute atomic E-state index is 0.171. The molecule has 2 aliphatic rings. The average molecular weight is 300 g/mol. The summed E-state index contributed by atoms with van der Waals surface area (Å²) in [6.07, 6.45) is 7.06. The van der Waals surface area contributed by atoms with Gasteiger partial charge in [0.15, 0.2) is 0 Å². The van der Waals surface area contributed by atoms with Crippen LogP contribution < -0.4 is 0 Å². The lowest BCUT2D eigenvalue weighted by Crippen LogP contribution is -2.18. The fourth-order valence-electron chi connectivity index (χ4n) is 4.34. The summed E-state index contributed by atoms with van der Waals surface area (Å²) >= 11 is 0. The lowest BCUT2D eigenvalue weighted by molar-refractivity contribution is 0.607. The molecule has 2 aromatic carbocycles. The van der Waals surface area contributed by atoms with E-state index in [1.54, 1.807) is 5.57 Å². The molecule has 0 bridgehead atoms. The van der Waals surface area contributed by atoms with Gasteiger partial charge in [0, 0.05) is 5.41 Å². The largest absolute Gasteiger partial charge is 0.0836 e. The Labute approximate surface area is 139 Å². The minimum atomic E-state index is 0.171. The molecule has 0 amide bonds. The molecule has 0 heterocycles. The molecule has 0 radical (unpaired) electrons. The molecule has 0 saturated carbocycles. The van der Waals surface area contributed by atoms with Crippen LogP contribution in [0.2, 0.25) is 0 Å². The van der Waals surface area contributed by atoms with Crippen LogP contribution in [0, 0.1) is 13.8 Å². The second-order valence-corrected chi connectivity index (χ2v) is 7.49. The van der Waals surface area contributed by atoms with Gasteiger partial charge in [-0.3, -0.25) is 0 Å². The minimum Gasteiger partial charge on any atom is -0.0836 e. The fraction of sp³-hybridized carbons (Fsp3) is 0.304. The average Bonchev–Trinajstić information content (AvgIpc) is 2.76. The zero-order valence-electron chi connectivity index (χ0n) is 14.5. The van der Waals surface area contributed by atoms with Crippen molar-refractivity contribution in [3.05, 3.63) is 76.4 Å². The number of aryl methyl sites for hydroxylation is 2. The van der Waals surface area contributed by atoms with E-state index in [9.17, 15) is 0 Å². The van der Waals surface area contributed by atoms with E-state index < -0.39 is 0 Å². The zero-order chi connectivity index (χ0) is 16.2. The highest BCUT2D eigenvalue weighted by atomic mass is 14.4. The molecule has 0 unspecified atom stereocenters. The molecule has 2 aromatic rings. The number of hydrogen-bond donors (Lipinski definition) is 0. The van der Waals surface area contributed by atoms with E-state index in [0.717, 1.165) is 0 Å². The van der Waals surface area contributed by atoms with E-state index in [1.807, 2.05) is 0 Å². The van der Waals surface area contributed by atoms with Gasteiger partial charge >= 0.3 is 0 Å². The Kier molecular flexibility index (Phi) is 3.13. The van der Waals surface area contributed by atoms with Crippen molar-refractivity contribution in [2.75, 3.05) is 0 Å². The number of hydrogen-bond acceptors (Lipinski definition) is 0. The monoisotopic (exact) mass is 300 g/mol. The second-order valence-electron chi connectivity index (χ2n) is 7.49. The number of benzene rings is 2. The summed E-state index contributed by atoms with van der Waals surface area (Å²) in [5.41, 5.74) is 11.7. The van der Waals surface area contributed by atoms with Crippen LogP contribution in [0.1, 0.15) is 48.9 Å². The molecule has 0 aromatic heterocycles. The summed E-state index contributed by atoms with van der Waals surface area (Å²) < 4.78 is 0. The van der Waals surface area contributed by atoms with Crippen LogP contribution in [0.25, 0.3) is 16.7 Å². The fourth-order valence-corrected chi connectivity index (χ4v) is 4.34. The quantitative estimate of drug-likeness (QED) is 0.574. The molecule has 23 heavy (non-hydrogen) atoms. The first-order chi connectivity index (χ1) is 11.0. The molecule has 0 heteroatoms. The Hall–Kier alpha value is -2.08. The SMILES string of the molecule is Cc1ccccc1-c1cc2c(cc1C)C(C)(C)C1=C2C=CCC1. The predicted octanol–water partition coefficient (Wildman–Crippen LogP) is 6.37. The number of rotatable bonds is 1. The van der Waals surface area contributed by atoms with Crippen molar-refractivity contribution >= 4 is 5.57 Å². The Morgan fingerprint density at radius 1 is 0.870 bits per heavy atom. The highest BCUT2D eigenvalue weighted by Crippen LogP contribution is 2.51. The van der Waals surface area contributed by atoms with E-state index in [1.165, 1.54) is 51.8 Å². The van der Waals surface area contributed by atoms with Gasteiger partial charge in [0.2, 0.25) is 0 Å². The second kappa shape index (κ2) is 4.96. The summed E-state index contributed by atoms with van der Waals surface area (Å²) in [5.74, 6) is 0. The first-order valence-corrected chi connectivity index (χ1v) is 8.62. The topological polar surface area (TPSA) is 0 Å². The summed E-state index contributed by atoms with van der Waals surface area (Å²) in [7, 11) is 0. The van der Waals surface area contributed by atoms with Gasteiger partial charge in [0.1, 0.15) is 0 Å². The third-order valence-corrected chi connectivity index (χ3v) is 5.69. The normalized spacial score (nSPS) is 18.1. The Bertz CT molecular complexity index is 860. The van der Waals surface area contributed by atoms with Gasteiger partial charge in [-0.1, -0.05) is 61.9 Å². The molecule has 0 saturated heterocycles. The molecule has 2 aliphatic carbocycles. The van der Waals surface area contributed by atoms with Gasteiger partial charge in [-0.2, -0.15) is 0 Å². The van der Waals surface area contributed by atoms with Crippen LogP contribution in [-0.4, -0.2) is 0 Å². The van der Waals surface area contributed by atoms with Gasteiger partial charge < -0.3 is 0 Å². The molecule has 0 N–H and O–H groups in total. The highest BCUT2D eigenvalue weighted by Gasteiger charge is 2.37. The summed E-state index contributed by atoms with van der Waals surface area (Å²) in [4.78, 5) is 0. The Balaban J connectivity index is 1.98. The maximum Gasteiger partial charge on any atom is 0.0121 e. The molecular weight excluding hydrogens is 276 g/mol. The van der Waals surface area contributed by atoms with E-state index in [-0.39, 0.29) is 5.41 Å². The van der Waals surface area contributed by atoms with Crippen molar-refractivity contribution in [2.45, 2.75) is 46.0 Å². The van der Waals surface area contributed by atoms with Gasteiger partial charge in [-0.05, 0) is 71.7 Å². The van der Waals surface area contributed by atoms with Crippen LogP contribution in [0.5, 0.6) is 0 Å². The van der Waals surface area contributed by atoms with E-state index >= 15 is 0 Å². The van der Waals surface area contributed by atoms with Gasteiger partial charge in [0.05, 0.1) is 0 Å². The first kappa shape index (κ1) is 14.5. The molecule has 0 atom stereocenters. The number of allylic oxidation sites excluding steroid dienone is 4. The third-order valence-electron chi connectivity index (χ3n) is 5.69. The van der Waals surface area contributed by atoms with Crippen LogP contribution in [0.4, 0.5) is 0 Å². The molecule has 0 nitrogen and oxygen atoms in total. The highest BCUT2D eigenvalue weighted by molar-refractivity contribution is 5.89. The smallest absolute Gasteiger partial charge is 0.0121 e. The van der Waals surface area contributed by atoms with Crippen LogP contribution in [0.15, 0.2) is 54.1 Å². The van der Waals surface area contributed by atoms with Crippen molar-refractivity contribution in [3.8, 4) is 11.1 Å². The van der Waals surface area contributed by atoms with Gasteiger partial charge in [-0.15, -0.1) is 0 Å². The molecule has 116 valence electrons. The lowest BCUT2D eigenvalue weighted by Gasteiger charge is -2.26. The Morgan fingerprint density at radius 3 is 2.43 bits per heavy atom. The molecular formula is C23H24. The first-order valence-electron chi connectivity index (χ1n) is 8.62.